The van der Waals surface area contributed by atoms with E-state index in [2.05, 4.69) is 36.0 Å². The van der Waals surface area contributed by atoms with Crippen molar-refractivity contribution in [2.24, 2.45) is 0 Å². The Morgan fingerprint density at radius 1 is 1.14 bits per heavy atom. The van der Waals surface area contributed by atoms with Crippen molar-refractivity contribution >= 4 is 23.4 Å². The van der Waals surface area contributed by atoms with Crippen LogP contribution in [-0.2, 0) is 12.8 Å². The number of hydrogen-bond acceptors (Lipinski definition) is 1. The number of hydrogen-bond donors (Lipinski definition) is 0. The van der Waals surface area contributed by atoms with E-state index in [0.29, 0.717) is 10.1 Å². The van der Waals surface area contributed by atoms with Crippen LogP contribution in [0, 0.1) is 0 Å². The van der Waals surface area contributed by atoms with Crippen molar-refractivity contribution in [3.05, 3.63) is 35.4 Å². The second-order valence-corrected chi connectivity index (χ2v) is 6.38. The Bertz CT molecular complexity index is 319. The maximum absolute atomic E-state index is 6.48. The summed E-state index contributed by atoms with van der Waals surface area (Å²) in [5.74, 6) is 1.23. The molecule has 0 aromatic heterocycles. The summed E-state index contributed by atoms with van der Waals surface area (Å²) in [7, 11) is 0. The lowest BCUT2D eigenvalue weighted by molar-refractivity contribution is 0.567. The molecule has 14 heavy (non-hydrogen) atoms. The average molecular weight is 225 g/mol. The van der Waals surface area contributed by atoms with Crippen LogP contribution >= 0.6 is 23.4 Å². The molecule has 0 N–H and O–H groups in total. The van der Waals surface area contributed by atoms with E-state index in [-0.39, 0.29) is 0 Å². The second-order valence-electron chi connectivity index (χ2n) is 4.34. The predicted octanol–water partition coefficient (Wildman–Crippen LogP) is 3.27. The topological polar surface area (TPSA) is 0 Å². The molecule has 1 spiro atoms. The van der Waals surface area contributed by atoms with Crippen molar-refractivity contribution in [1.29, 1.82) is 0 Å². The number of fused-ring (bicyclic) bond motifs is 2. The lowest BCUT2D eigenvalue weighted by Crippen LogP contribution is -2.35. The van der Waals surface area contributed by atoms with Gasteiger partial charge in [-0.2, -0.15) is 11.8 Å². The molecular formula is C12H13ClS. The van der Waals surface area contributed by atoms with Gasteiger partial charge >= 0.3 is 0 Å². The Morgan fingerprint density at radius 3 is 2.14 bits per heavy atom. The molecule has 3 aliphatic rings. The van der Waals surface area contributed by atoms with E-state index in [0.717, 1.165) is 12.8 Å². The van der Waals surface area contributed by atoms with Crippen molar-refractivity contribution < 1.29 is 0 Å². The predicted molar refractivity (Wildman–Crippen MR) is 63.3 cm³/mol. The van der Waals surface area contributed by atoms with Crippen LogP contribution in [0.15, 0.2) is 24.3 Å². The van der Waals surface area contributed by atoms with Crippen LogP contribution in [0.3, 0.4) is 0 Å². The van der Waals surface area contributed by atoms with E-state index in [9.17, 15) is 0 Å². The van der Waals surface area contributed by atoms with Gasteiger partial charge in [-0.15, -0.1) is 11.6 Å². The van der Waals surface area contributed by atoms with Gasteiger partial charge in [0.1, 0.15) is 0 Å². The average Bonchev–Trinajstić information content (AvgIpc) is 2.41. The first kappa shape index (κ1) is 9.11. The van der Waals surface area contributed by atoms with Crippen molar-refractivity contribution in [3.8, 4) is 0 Å². The minimum Gasteiger partial charge on any atom is -0.153 e. The summed E-state index contributed by atoms with van der Waals surface area (Å²) >= 11 is 8.56. The fourth-order valence-electron chi connectivity index (χ4n) is 2.57. The highest BCUT2D eigenvalue weighted by molar-refractivity contribution is 8.01. The van der Waals surface area contributed by atoms with Gasteiger partial charge in [-0.25, -0.2) is 0 Å². The number of alkyl halides is 1. The van der Waals surface area contributed by atoms with Gasteiger partial charge in [0.15, 0.2) is 0 Å². The van der Waals surface area contributed by atoms with Crippen LogP contribution in [0.5, 0.6) is 0 Å². The molecular weight excluding hydrogens is 212 g/mol. The molecule has 0 radical (unpaired) electrons. The first-order chi connectivity index (χ1) is 6.78. The van der Waals surface area contributed by atoms with Crippen molar-refractivity contribution in [2.45, 2.75) is 29.4 Å². The quantitative estimate of drug-likeness (QED) is 0.610. The molecule has 4 rings (SSSR count). The van der Waals surface area contributed by atoms with Gasteiger partial charge < -0.3 is 0 Å². The summed E-state index contributed by atoms with van der Waals surface area (Å²) in [6, 6.07) is 9.03. The van der Waals surface area contributed by atoms with Gasteiger partial charge in [-0.1, -0.05) is 24.3 Å². The zero-order valence-corrected chi connectivity index (χ0v) is 9.57. The molecule has 74 valence electrons. The Labute approximate surface area is 94.0 Å². The molecule has 0 nitrogen and oxygen atoms in total. The Kier molecular flexibility index (Phi) is 2.07. The molecule has 1 saturated heterocycles. The van der Waals surface area contributed by atoms with Crippen LogP contribution in [0.4, 0.5) is 0 Å². The van der Waals surface area contributed by atoms with Gasteiger partial charge in [-0.3, -0.25) is 0 Å². The molecule has 1 fully saturated rings. The molecule has 0 amide bonds. The van der Waals surface area contributed by atoms with Gasteiger partial charge in [0, 0.05) is 10.1 Å². The first-order valence-electron chi connectivity index (χ1n) is 5.14. The van der Waals surface area contributed by atoms with Crippen molar-refractivity contribution in [2.75, 3.05) is 5.75 Å². The highest BCUT2D eigenvalue weighted by Gasteiger charge is 2.43. The van der Waals surface area contributed by atoms with Gasteiger partial charge in [0.25, 0.3) is 0 Å². The highest BCUT2D eigenvalue weighted by Crippen LogP contribution is 2.47. The van der Waals surface area contributed by atoms with E-state index in [1.54, 1.807) is 0 Å². The molecule has 2 bridgehead atoms. The zero-order valence-electron chi connectivity index (χ0n) is 8.00. The fourth-order valence-corrected chi connectivity index (χ4v) is 4.75. The van der Waals surface area contributed by atoms with Gasteiger partial charge in [0.05, 0.1) is 0 Å². The third-order valence-electron chi connectivity index (χ3n) is 3.36. The Hall–Kier alpha value is -0.140. The molecule has 2 aliphatic carbocycles. The molecule has 2 heteroatoms. The molecule has 1 aromatic carbocycles. The monoisotopic (exact) mass is 224 g/mol. The SMILES string of the molecule is ClC1CCSC12Cc1ccc(cc1)C2. The molecule has 1 unspecified atom stereocenters. The second kappa shape index (κ2) is 3.18. The number of benzene rings is 1. The third-order valence-corrected chi connectivity index (χ3v) is 5.71. The lowest BCUT2D eigenvalue weighted by Gasteiger charge is -2.29. The molecule has 1 aromatic rings. The maximum atomic E-state index is 6.48. The third kappa shape index (κ3) is 1.30. The van der Waals surface area contributed by atoms with E-state index in [4.69, 9.17) is 11.6 Å². The van der Waals surface area contributed by atoms with Gasteiger partial charge in [0.2, 0.25) is 0 Å². The van der Waals surface area contributed by atoms with Crippen LogP contribution < -0.4 is 0 Å². The van der Waals surface area contributed by atoms with E-state index >= 15 is 0 Å². The smallest absolute Gasteiger partial charge is 0.0497 e. The largest absolute Gasteiger partial charge is 0.153 e. The lowest BCUT2D eigenvalue weighted by atomic mass is 9.92. The summed E-state index contributed by atoms with van der Waals surface area (Å²) in [5, 5.41) is 0.359. The summed E-state index contributed by atoms with van der Waals surface area (Å²) in [4.78, 5) is 0. The zero-order chi connectivity index (χ0) is 9.60. The first-order valence-corrected chi connectivity index (χ1v) is 6.57. The molecule has 1 aliphatic heterocycles. The summed E-state index contributed by atoms with van der Waals surface area (Å²) in [5.41, 5.74) is 2.90. The summed E-state index contributed by atoms with van der Waals surface area (Å²) in [6.07, 6.45) is 3.48. The number of rotatable bonds is 0. The summed E-state index contributed by atoms with van der Waals surface area (Å²) in [6.45, 7) is 0. The summed E-state index contributed by atoms with van der Waals surface area (Å²) < 4.78 is 0.305. The number of halogens is 1. The van der Waals surface area contributed by atoms with Crippen molar-refractivity contribution in [1.82, 2.24) is 0 Å². The van der Waals surface area contributed by atoms with Crippen LogP contribution in [0.1, 0.15) is 17.5 Å². The van der Waals surface area contributed by atoms with Crippen LogP contribution in [0.2, 0.25) is 0 Å². The fraction of sp³-hybridized carbons (Fsp3) is 0.500. The van der Waals surface area contributed by atoms with Crippen LogP contribution in [0.25, 0.3) is 0 Å². The van der Waals surface area contributed by atoms with E-state index in [1.807, 2.05) is 0 Å². The van der Waals surface area contributed by atoms with Gasteiger partial charge in [-0.05, 0) is 36.1 Å². The Balaban J connectivity index is 2.02. The van der Waals surface area contributed by atoms with Crippen molar-refractivity contribution in [3.63, 3.8) is 0 Å². The normalized spacial score (nSPS) is 28.2. The molecule has 1 heterocycles. The number of thioether (sulfide) groups is 1. The minimum atomic E-state index is 0.305. The minimum absolute atomic E-state index is 0.305. The highest BCUT2D eigenvalue weighted by atomic mass is 35.5. The van der Waals surface area contributed by atoms with E-state index in [1.165, 1.54) is 23.3 Å². The molecule has 1 atom stereocenters. The molecule has 0 saturated carbocycles. The van der Waals surface area contributed by atoms with E-state index < -0.39 is 0 Å². The standard InChI is InChI=1S/C12H13ClS/c13-11-5-6-14-12(11)7-9-1-2-10(8-12)4-3-9/h1-4,11H,5-8H2. The maximum Gasteiger partial charge on any atom is 0.0497 e. The Morgan fingerprint density at radius 2 is 1.71 bits per heavy atom. The van der Waals surface area contributed by atoms with Crippen LogP contribution in [-0.4, -0.2) is 15.9 Å².